The van der Waals surface area contributed by atoms with Gasteiger partial charge in [-0.1, -0.05) is 18.2 Å². The first-order valence-corrected chi connectivity index (χ1v) is 7.85. The number of fused-ring (bicyclic) bond motifs is 2. The summed E-state index contributed by atoms with van der Waals surface area (Å²) < 4.78 is 0. The molecule has 4 rings (SSSR count). The zero-order valence-corrected chi connectivity index (χ0v) is 11.8. The SMILES string of the molecule is c1cc2c(s1)CCN(Cc1ccc3c(c1)CNC3)C2. The fourth-order valence-corrected chi connectivity index (χ4v) is 4.04. The fraction of sp³-hybridized carbons (Fsp3) is 0.375. The molecule has 98 valence electrons. The molecule has 2 aliphatic rings. The van der Waals surface area contributed by atoms with Crippen molar-refractivity contribution in [1.29, 1.82) is 0 Å². The number of benzene rings is 1. The highest BCUT2D eigenvalue weighted by atomic mass is 32.1. The van der Waals surface area contributed by atoms with Gasteiger partial charge in [0.2, 0.25) is 0 Å². The van der Waals surface area contributed by atoms with Crippen molar-refractivity contribution in [2.45, 2.75) is 32.6 Å². The van der Waals surface area contributed by atoms with Crippen LogP contribution in [0.15, 0.2) is 29.6 Å². The quantitative estimate of drug-likeness (QED) is 0.902. The largest absolute Gasteiger partial charge is 0.309 e. The van der Waals surface area contributed by atoms with Crippen LogP contribution in [0.25, 0.3) is 0 Å². The summed E-state index contributed by atoms with van der Waals surface area (Å²) in [6.45, 7) is 5.48. The van der Waals surface area contributed by atoms with Crippen molar-refractivity contribution in [3.63, 3.8) is 0 Å². The molecule has 2 aromatic rings. The monoisotopic (exact) mass is 270 g/mol. The Morgan fingerprint density at radius 2 is 2.05 bits per heavy atom. The normalized spacial score (nSPS) is 18.3. The number of hydrogen-bond donors (Lipinski definition) is 1. The molecule has 1 aromatic carbocycles. The van der Waals surface area contributed by atoms with Crippen LogP contribution in [0, 0.1) is 0 Å². The van der Waals surface area contributed by atoms with Crippen molar-refractivity contribution in [1.82, 2.24) is 10.2 Å². The summed E-state index contributed by atoms with van der Waals surface area (Å²) in [7, 11) is 0. The summed E-state index contributed by atoms with van der Waals surface area (Å²) in [5, 5.41) is 5.65. The minimum atomic E-state index is 1.04. The summed E-state index contributed by atoms with van der Waals surface area (Å²) in [6.07, 6.45) is 1.22. The average Bonchev–Trinajstić information content (AvgIpc) is 3.05. The lowest BCUT2D eigenvalue weighted by atomic mass is 10.0. The zero-order valence-electron chi connectivity index (χ0n) is 11.0. The molecule has 0 amide bonds. The lowest BCUT2D eigenvalue weighted by molar-refractivity contribution is 0.247. The Morgan fingerprint density at radius 3 is 3.05 bits per heavy atom. The van der Waals surface area contributed by atoms with Gasteiger partial charge in [0.15, 0.2) is 0 Å². The van der Waals surface area contributed by atoms with Gasteiger partial charge in [-0.15, -0.1) is 11.3 Å². The number of nitrogens with zero attached hydrogens (tertiary/aromatic N) is 1. The molecule has 2 aliphatic heterocycles. The molecule has 0 saturated heterocycles. The zero-order chi connectivity index (χ0) is 12.7. The second-order valence-electron chi connectivity index (χ2n) is 5.54. The molecule has 3 heterocycles. The van der Waals surface area contributed by atoms with E-state index in [0.717, 1.165) is 26.2 Å². The molecule has 2 nitrogen and oxygen atoms in total. The van der Waals surface area contributed by atoms with Gasteiger partial charge in [-0.25, -0.2) is 0 Å². The van der Waals surface area contributed by atoms with Gasteiger partial charge in [0.25, 0.3) is 0 Å². The van der Waals surface area contributed by atoms with Gasteiger partial charge in [0.05, 0.1) is 0 Å². The van der Waals surface area contributed by atoms with Crippen molar-refractivity contribution in [2.75, 3.05) is 6.54 Å². The van der Waals surface area contributed by atoms with E-state index in [1.54, 1.807) is 10.4 Å². The number of thiophene rings is 1. The first-order valence-electron chi connectivity index (χ1n) is 6.97. The summed E-state index contributed by atoms with van der Waals surface area (Å²) in [6, 6.07) is 9.27. The third-order valence-corrected chi connectivity index (χ3v) is 5.22. The maximum atomic E-state index is 3.42. The molecular weight excluding hydrogens is 252 g/mol. The number of rotatable bonds is 2. The van der Waals surface area contributed by atoms with E-state index in [1.165, 1.54) is 29.7 Å². The Hall–Kier alpha value is -1.16. The van der Waals surface area contributed by atoms with Crippen LogP contribution in [0.5, 0.6) is 0 Å². The Labute approximate surface area is 118 Å². The molecule has 0 bridgehead atoms. The molecular formula is C16H18N2S. The topological polar surface area (TPSA) is 15.3 Å². The first kappa shape index (κ1) is 11.6. The van der Waals surface area contributed by atoms with Crippen molar-refractivity contribution in [3.05, 3.63) is 56.8 Å². The molecule has 0 spiro atoms. The molecule has 0 fully saturated rings. The van der Waals surface area contributed by atoms with Crippen LogP contribution in [-0.2, 0) is 32.6 Å². The predicted octanol–water partition coefficient (Wildman–Crippen LogP) is 2.91. The van der Waals surface area contributed by atoms with E-state index in [1.807, 2.05) is 11.3 Å². The van der Waals surface area contributed by atoms with Gasteiger partial charge in [0, 0.05) is 37.6 Å². The van der Waals surface area contributed by atoms with Crippen molar-refractivity contribution >= 4 is 11.3 Å². The molecule has 1 aromatic heterocycles. The molecule has 1 N–H and O–H groups in total. The van der Waals surface area contributed by atoms with Crippen LogP contribution in [0.2, 0.25) is 0 Å². The second kappa shape index (κ2) is 4.75. The van der Waals surface area contributed by atoms with Gasteiger partial charge in [-0.05, 0) is 40.1 Å². The van der Waals surface area contributed by atoms with Crippen LogP contribution < -0.4 is 5.32 Å². The standard InChI is InChI=1S/C16H18N2S/c1-2-13-8-17-9-15(13)7-12(1)10-18-5-3-16-14(11-18)4-6-19-16/h1-2,4,6-7,17H,3,5,8-11H2. The molecule has 0 aliphatic carbocycles. The predicted molar refractivity (Wildman–Crippen MR) is 79.1 cm³/mol. The van der Waals surface area contributed by atoms with Crippen LogP contribution >= 0.6 is 11.3 Å². The Balaban J connectivity index is 1.50. The summed E-state index contributed by atoms with van der Waals surface area (Å²) >= 11 is 1.92. The van der Waals surface area contributed by atoms with Crippen molar-refractivity contribution in [2.24, 2.45) is 0 Å². The van der Waals surface area contributed by atoms with E-state index < -0.39 is 0 Å². The minimum Gasteiger partial charge on any atom is -0.309 e. The lowest BCUT2D eigenvalue weighted by Gasteiger charge is -2.27. The van der Waals surface area contributed by atoms with Crippen LogP contribution in [0.1, 0.15) is 27.1 Å². The van der Waals surface area contributed by atoms with E-state index >= 15 is 0 Å². The third-order valence-electron chi connectivity index (χ3n) is 4.19. The van der Waals surface area contributed by atoms with E-state index in [-0.39, 0.29) is 0 Å². The smallest absolute Gasteiger partial charge is 0.0248 e. The molecule has 0 saturated carbocycles. The maximum absolute atomic E-state index is 3.42. The minimum absolute atomic E-state index is 1.04. The first-order chi connectivity index (χ1) is 9.38. The van der Waals surface area contributed by atoms with Gasteiger partial charge in [-0.3, -0.25) is 4.90 Å². The van der Waals surface area contributed by atoms with E-state index in [9.17, 15) is 0 Å². The molecule has 0 radical (unpaired) electrons. The molecule has 19 heavy (non-hydrogen) atoms. The lowest BCUT2D eigenvalue weighted by Crippen LogP contribution is -2.29. The van der Waals surface area contributed by atoms with Crippen LogP contribution in [0.4, 0.5) is 0 Å². The van der Waals surface area contributed by atoms with Gasteiger partial charge < -0.3 is 5.32 Å². The van der Waals surface area contributed by atoms with Crippen molar-refractivity contribution in [3.8, 4) is 0 Å². The number of hydrogen-bond acceptors (Lipinski definition) is 3. The highest BCUT2D eigenvalue weighted by molar-refractivity contribution is 7.10. The van der Waals surface area contributed by atoms with Crippen LogP contribution in [-0.4, -0.2) is 11.4 Å². The fourth-order valence-electron chi connectivity index (χ4n) is 3.15. The Morgan fingerprint density at radius 1 is 1.11 bits per heavy atom. The third kappa shape index (κ3) is 2.22. The van der Waals surface area contributed by atoms with Gasteiger partial charge in [0.1, 0.15) is 0 Å². The number of nitrogens with one attached hydrogen (secondary N) is 1. The summed E-state index contributed by atoms with van der Waals surface area (Å²) in [5.41, 5.74) is 5.97. The van der Waals surface area contributed by atoms with Crippen molar-refractivity contribution < 1.29 is 0 Å². The Kier molecular flexibility index (Phi) is 2.91. The van der Waals surface area contributed by atoms with E-state index in [2.05, 4.69) is 39.9 Å². The molecule has 0 unspecified atom stereocenters. The maximum Gasteiger partial charge on any atom is 0.0248 e. The molecule has 3 heteroatoms. The average molecular weight is 270 g/mol. The molecule has 0 atom stereocenters. The van der Waals surface area contributed by atoms with Gasteiger partial charge in [-0.2, -0.15) is 0 Å². The highest BCUT2D eigenvalue weighted by Crippen LogP contribution is 2.25. The van der Waals surface area contributed by atoms with E-state index in [4.69, 9.17) is 0 Å². The van der Waals surface area contributed by atoms with Gasteiger partial charge >= 0.3 is 0 Å². The second-order valence-corrected chi connectivity index (χ2v) is 6.54. The summed E-state index contributed by atoms with van der Waals surface area (Å²) in [4.78, 5) is 4.16. The van der Waals surface area contributed by atoms with Crippen LogP contribution in [0.3, 0.4) is 0 Å². The highest BCUT2D eigenvalue weighted by Gasteiger charge is 2.18. The van der Waals surface area contributed by atoms with E-state index in [0.29, 0.717) is 0 Å². The Bertz CT molecular complexity index is 603. The summed E-state index contributed by atoms with van der Waals surface area (Å²) in [5.74, 6) is 0.